The van der Waals surface area contributed by atoms with Crippen LogP contribution < -0.4 is 0 Å². The number of thioether (sulfide) groups is 1. The number of benzene rings is 2. The number of rotatable bonds is 6. The van der Waals surface area contributed by atoms with Crippen LogP contribution in [0.1, 0.15) is 5.76 Å². The van der Waals surface area contributed by atoms with E-state index >= 15 is 0 Å². The normalized spacial score (nSPS) is 15.7. The summed E-state index contributed by atoms with van der Waals surface area (Å²) in [5, 5.41) is 1.91. The van der Waals surface area contributed by atoms with Gasteiger partial charge < -0.3 is 9.32 Å². The molecule has 1 fully saturated rings. The van der Waals surface area contributed by atoms with Crippen molar-refractivity contribution in [2.24, 2.45) is 0 Å². The van der Waals surface area contributed by atoms with Gasteiger partial charge in [-0.2, -0.15) is 4.31 Å². The Labute approximate surface area is 174 Å². The quantitative estimate of drug-likeness (QED) is 0.601. The number of nitrogens with zero attached hydrogens (tertiary/aromatic N) is 2. The molecule has 29 heavy (non-hydrogen) atoms. The molecule has 6 nitrogen and oxygen atoms in total. The van der Waals surface area contributed by atoms with Crippen LogP contribution in [0.25, 0.3) is 10.8 Å². The van der Waals surface area contributed by atoms with E-state index in [2.05, 4.69) is 0 Å². The number of sulfonamides is 1. The van der Waals surface area contributed by atoms with Crippen molar-refractivity contribution in [3.63, 3.8) is 0 Å². The Morgan fingerprint density at radius 1 is 0.966 bits per heavy atom. The topological polar surface area (TPSA) is 70.8 Å². The van der Waals surface area contributed by atoms with Crippen LogP contribution >= 0.6 is 11.8 Å². The molecular weight excluding hydrogens is 408 g/mol. The van der Waals surface area contributed by atoms with Crippen molar-refractivity contribution in [2.45, 2.75) is 10.6 Å². The molecule has 3 aromatic rings. The standard InChI is InChI=1S/C21H22N2O4S2/c24-21(16-28-15-19-6-3-13-27-19)22-9-11-23(12-10-22)29(25,26)20-8-7-17-4-1-2-5-18(17)14-20/h1-8,13-14H,9-12,15-16H2. The highest BCUT2D eigenvalue weighted by Crippen LogP contribution is 2.23. The van der Waals surface area contributed by atoms with Gasteiger partial charge in [-0.1, -0.05) is 30.3 Å². The fourth-order valence-electron chi connectivity index (χ4n) is 3.38. The van der Waals surface area contributed by atoms with Crippen LogP contribution in [0.2, 0.25) is 0 Å². The highest BCUT2D eigenvalue weighted by atomic mass is 32.2. The number of carbonyl (C=O) groups is 1. The molecule has 2 heterocycles. The molecule has 1 aliphatic rings. The fourth-order valence-corrected chi connectivity index (χ4v) is 5.66. The summed E-state index contributed by atoms with van der Waals surface area (Å²) in [6.45, 7) is 1.44. The molecule has 1 saturated heterocycles. The summed E-state index contributed by atoms with van der Waals surface area (Å²) in [6, 6.07) is 16.6. The van der Waals surface area contributed by atoms with Crippen LogP contribution in [0.4, 0.5) is 0 Å². The Bertz CT molecular complexity index is 1090. The Balaban J connectivity index is 1.34. The maximum absolute atomic E-state index is 13.0. The van der Waals surface area contributed by atoms with Gasteiger partial charge in [0.15, 0.2) is 0 Å². The average Bonchev–Trinajstić information content (AvgIpc) is 3.27. The van der Waals surface area contributed by atoms with Crippen LogP contribution in [0.3, 0.4) is 0 Å². The van der Waals surface area contributed by atoms with Crippen molar-refractivity contribution in [1.29, 1.82) is 0 Å². The summed E-state index contributed by atoms with van der Waals surface area (Å²) in [7, 11) is -3.57. The first kappa shape index (κ1) is 20.0. The summed E-state index contributed by atoms with van der Waals surface area (Å²) in [6.07, 6.45) is 1.62. The molecule has 1 amide bonds. The van der Waals surface area contributed by atoms with Gasteiger partial charge in [0.05, 0.1) is 22.7 Å². The summed E-state index contributed by atoms with van der Waals surface area (Å²) >= 11 is 1.50. The molecule has 0 radical (unpaired) electrons. The van der Waals surface area contributed by atoms with E-state index in [9.17, 15) is 13.2 Å². The van der Waals surface area contributed by atoms with Crippen molar-refractivity contribution >= 4 is 38.5 Å². The number of amides is 1. The molecule has 0 saturated carbocycles. The molecule has 0 atom stereocenters. The molecule has 4 rings (SSSR count). The lowest BCUT2D eigenvalue weighted by atomic mass is 10.1. The first-order valence-corrected chi connectivity index (χ1v) is 12.0. The summed E-state index contributed by atoms with van der Waals surface area (Å²) < 4.78 is 32.8. The zero-order chi connectivity index (χ0) is 20.3. The number of hydrogen-bond acceptors (Lipinski definition) is 5. The molecule has 0 N–H and O–H groups in total. The van der Waals surface area contributed by atoms with E-state index in [0.717, 1.165) is 16.5 Å². The first-order valence-electron chi connectivity index (χ1n) is 9.41. The van der Waals surface area contributed by atoms with Crippen molar-refractivity contribution in [1.82, 2.24) is 9.21 Å². The second-order valence-corrected chi connectivity index (χ2v) is 9.79. The minimum Gasteiger partial charge on any atom is -0.468 e. The van der Waals surface area contributed by atoms with Gasteiger partial charge in [0, 0.05) is 26.2 Å². The van der Waals surface area contributed by atoms with E-state index in [1.807, 2.05) is 42.5 Å². The average molecular weight is 431 g/mol. The van der Waals surface area contributed by atoms with E-state index in [1.165, 1.54) is 16.1 Å². The van der Waals surface area contributed by atoms with Crippen LogP contribution in [-0.4, -0.2) is 55.5 Å². The highest BCUT2D eigenvalue weighted by molar-refractivity contribution is 7.99. The monoisotopic (exact) mass is 430 g/mol. The fraction of sp³-hybridized carbons (Fsp3) is 0.286. The molecule has 0 aliphatic carbocycles. The predicted molar refractivity (Wildman–Crippen MR) is 114 cm³/mol. The molecule has 2 aromatic carbocycles. The van der Waals surface area contributed by atoms with Gasteiger partial charge >= 0.3 is 0 Å². The van der Waals surface area contributed by atoms with Gasteiger partial charge in [-0.3, -0.25) is 4.79 Å². The van der Waals surface area contributed by atoms with E-state index in [0.29, 0.717) is 42.6 Å². The lowest BCUT2D eigenvalue weighted by Gasteiger charge is -2.34. The molecule has 0 unspecified atom stereocenters. The first-order chi connectivity index (χ1) is 14.0. The maximum Gasteiger partial charge on any atom is 0.243 e. The van der Waals surface area contributed by atoms with E-state index in [-0.39, 0.29) is 5.91 Å². The Morgan fingerprint density at radius 2 is 1.72 bits per heavy atom. The SMILES string of the molecule is O=C(CSCc1ccco1)N1CCN(S(=O)(=O)c2ccc3ccccc3c2)CC1. The van der Waals surface area contributed by atoms with Gasteiger partial charge in [-0.05, 0) is 35.0 Å². The predicted octanol–water partition coefficient (Wildman–Crippen LogP) is 3.20. The van der Waals surface area contributed by atoms with Crippen LogP contribution in [0, 0.1) is 0 Å². The van der Waals surface area contributed by atoms with E-state index in [4.69, 9.17) is 4.42 Å². The molecule has 1 aliphatic heterocycles. The number of piperazine rings is 1. The Morgan fingerprint density at radius 3 is 2.45 bits per heavy atom. The van der Waals surface area contributed by atoms with E-state index in [1.54, 1.807) is 23.3 Å². The molecule has 0 spiro atoms. The van der Waals surface area contributed by atoms with Gasteiger partial charge in [0.1, 0.15) is 5.76 Å². The maximum atomic E-state index is 13.0. The second kappa shape index (κ2) is 8.61. The van der Waals surface area contributed by atoms with Gasteiger partial charge in [0.25, 0.3) is 0 Å². The third-order valence-corrected chi connectivity index (χ3v) is 7.83. The number of carbonyl (C=O) groups excluding carboxylic acids is 1. The lowest BCUT2D eigenvalue weighted by Crippen LogP contribution is -2.50. The molecule has 8 heteroatoms. The van der Waals surface area contributed by atoms with Gasteiger partial charge in [0.2, 0.25) is 15.9 Å². The number of furan rings is 1. The van der Waals surface area contributed by atoms with Crippen LogP contribution in [0.15, 0.2) is 70.2 Å². The number of hydrogen-bond donors (Lipinski definition) is 0. The molecular formula is C21H22N2O4S2. The summed E-state index contributed by atoms with van der Waals surface area (Å²) in [5.41, 5.74) is 0. The largest absolute Gasteiger partial charge is 0.468 e. The molecule has 0 bridgehead atoms. The number of fused-ring (bicyclic) bond motifs is 1. The van der Waals surface area contributed by atoms with Gasteiger partial charge in [-0.25, -0.2) is 8.42 Å². The molecule has 1 aromatic heterocycles. The minimum absolute atomic E-state index is 0.0318. The minimum atomic E-state index is -3.57. The highest BCUT2D eigenvalue weighted by Gasteiger charge is 2.30. The van der Waals surface area contributed by atoms with E-state index < -0.39 is 10.0 Å². The Kier molecular flexibility index (Phi) is 5.94. The van der Waals surface area contributed by atoms with Crippen molar-refractivity contribution in [3.8, 4) is 0 Å². The lowest BCUT2D eigenvalue weighted by molar-refractivity contribution is -0.129. The zero-order valence-corrected chi connectivity index (χ0v) is 17.5. The van der Waals surface area contributed by atoms with Crippen molar-refractivity contribution in [2.75, 3.05) is 31.9 Å². The van der Waals surface area contributed by atoms with Gasteiger partial charge in [-0.15, -0.1) is 11.8 Å². The molecule has 152 valence electrons. The van der Waals surface area contributed by atoms with Crippen molar-refractivity contribution in [3.05, 3.63) is 66.6 Å². The van der Waals surface area contributed by atoms with Crippen molar-refractivity contribution < 1.29 is 17.6 Å². The van der Waals surface area contributed by atoms with Crippen LogP contribution in [0.5, 0.6) is 0 Å². The summed E-state index contributed by atoms with van der Waals surface area (Å²) in [4.78, 5) is 14.4. The Hall–Kier alpha value is -2.29. The zero-order valence-electron chi connectivity index (χ0n) is 15.9. The smallest absolute Gasteiger partial charge is 0.243 e. The third kappa shape index (κ3) is 4.49. The van der Waals surface area contributed by atoms with Crippen LogP contribution in [-0.2, 0) is 20.6 Å². The third-order valence-electron chi connectivity index (χ3n) is 5.00. The summed E-state index contributed by atoms with van der Waals surface area (Å²) in [5.74, 6) is 1.88. The second-order valence-electron chi connectivity index (χ2n) is 6.87.